The highest BCUT2D eigenvalue weighted by Crippen LogP contribution is 2.37. The normalized spacial score (nSPS) is 29.2. The molecule has 8 heteroatoms. The second-order valence-electron chi connectivity index (χ2n) is 4.71. The van der Waals surface area contributed by atoms with Gasteiger partial charge in [-0.05, 0) is 12.8 Å². The van der Waals surface area contributed by atoms with Crippen molar-refractivity contribution in [3.05, 3.63) is 0 Å². The van der Waals surface area contributed by atoms with Crippen LogP contribution in [0.25, 0.3) is 0 Å². The van der Waals surface area contributed by atoms with Crippen molar-refractivity contribution in [1.29, 1.82) is 0 Å². The number of carboxylic acids is 1. The molecule has 0 spiro atoms. The monoisotopic (exact) mass is 288 g/mol. The Morgan fingerprint density at radius 3 is 2.74 bits per heavy atom. The maximum absolute atomic E-state index is 11.5. The van der Waals surface area contributed by atoms with E-state index in [1.807, 2.05) is 0 Å². The molecule has 0 aromatic carbocycles. The number of nitrogens with zero attached hydrogens (tertiary/aromatic N) is 1. The quantitative estimate of drug-likeness (QED) is 0.518. The Labute approximate surface area is 114 Å². The molecule has 3 N–H and O–H groups in total. The lowest BCUT2D eigenvalue weighted by atomic mass is 10.0. The van der Waals surface area contributed by atoms with Crippen molar-refractivity contribution in [1.82, 2.24) is 10.2 Å². The van der Waals surface area contributed by atoms with Crippen LogP contribution in [0, 0.1) is 0 Å². The maximum atomic E-state index is 11.5. The van der Waals surface area contributed by atoms with Gasteiger partial charge in [0.15, 0.2) is 0 Å². The fourth-order valence-corrected chi connectivity index (χ4v) is 4.19. The summed E-state index contributed by atoms with van der Waals surface area (Å²) < 4.78 is 0. The number of thioether (sulfide) groups is 1. The summed E-state index contributed by atoms with van der Waals surface area (Å²) in [6.45, 7) is 0. The van der Waals surface area contributed by atoms with Gasteiger partial charge in [-0.1, -0.05) is 6.42 Å². The number of urea groups is 1. The lowest BCUT2D eigenvalue weighted by Crippen LogP contribution is -2.43. The number of rotatable bonds is 5. The van der Waals surface area contributed by atoms with E-state index in [-0.39, 0.29) is 23.8 Å². The van der Waals surface area contributed by atoms with Crippen LogP contribution in [0.1, 0.15) is 25.7 Å². The molecule has 2 rings (SSSR count). The number of carbonyl (C=O) groups excluding carboxylic acids is 1. The number of nitrogens with one attached hydrogen (secondary N) is 1. The first-order valence-electron chi connectivity index (χ1n) is 6.16. The molecule has 7 nitrogen and oxygen atoms in total. The van der Waals surface area contributed by atoms with Gasteiger partial charge in [-0.25, -0.2) is 14.5 Å². The zero-order valence-electron chi connectivity index (χ0n) is 10.2. The van der Waals surface area contributed by atoms with Crippen LogP contribution < -0.4 is 5.32 Å². The summed E-state index contributed by atoms with van der Waals surface area (Å²) in [7, 11) is 0. The number of aliphatic carboxylic acids is 1. The summed E-state index contributed by atoms with van der Waals surface area (Å²) in [4.78, 5) is 33.9. The fraction of sp³-hybridized carbons (Fsp3) is 0.727. The Morgan fingerprint density at radius 2 is 2.11 bits per heavy atom. The minimum atomic E-state index is -1.22. The van der Waals surface area contributed by atoms with Gasteiger partial charge in [-0.15, -0.1) is 0 Å². The molecule has 0 aromatic heterocycles. The second-order valence-corrected chi connectivity index (χ2v) is 5.98. The van der Waals surface area contributed by atoms with Crippen molar-refractivity contribution in [2.75, 3.05) is 5.75 Å². The summed E-state index contributed by atoms with van der Waals surface area (Å²) in [5.41, 5.74) is 0. The molecule has 19 heavy (non-hydrogen) atoms. The van der Waals surface area contributed by atoms with Crippen LogP contribution in [0.4, 0.5) is 9.59 Å². The van der Waals surface area contributed by atoms with Crippen molar-refractivity contribution in [3.8, 4) is 0 Å². The van der Waals surface area contributed by atoms with Crippen molar-refractivity contribution >= 4 is 29.9 Å². The second kappa shape index (κ2) is 5.68. The zero-order valence-corrected chi connectivity index (χ0v) is 11.1. The summed E-state index contributed by atoms with van der Waals surface area (Å²) in [6.07, 6.45) is 0.957. The molecular weight excluding hydrogens is 272 g/mol. The maximum Gasteiger partial charge on any atom is 0.415 e. The van der Waals surface area contributed by atoms with Gasteiger partial charge in [0.25, 0.3) is 0 Å². The number of fused-ring (bicyclic) bond motifs is 1. The van der Waals surface area contributed by atoms with Crippen LogP contribution in [-0.4, -0.2) is 56.3 Å². The number of hydrogen-bond acceptors (Lipinski definition) is 4. The van der Waals surface area contributed by atoms with Gasteiger partial charge in [0.2, 0.25) is 0 Å². The van der Waals surface area contributed by atoms with Crippen molar-refractivity contribution in [2.45, 2.75) is 43.0 Å². The molecule has 0 unspecified atom stereocenters. The van der Waals surface area contributed by atoms with Crippen LogP contribution >= 0.6 is 11.8 Å². The van der Waals surface area contributed by atoms with E-state index in [1.165, 1.54) is 0 Å². The van der Waals surface area contributed by atoms with Gasteiger partial charge in [-0.2, -0.15) is 11.8 Å². The summed E-state index contributed by atoms with van der Waals surface area (Å²) in [6, 6.07) is -0.976. The van der Waals surface area contributed by atoms with Gasteiger partial charge in [0.1, 0.15) is 0 Å². The molecule has 0 radical (unpaired) electrons. The highest BCUT2D eigenvalue weighted by molar-refractivity contribution is 8.00. The average Bonchev–Trinajstić information content (AvgIpc) is 2.82. The molecule has 0 aliphatic carbocycles. The van der Waals surface area contributed by atoms with E-state index in [1.54, 1.807) is 11.8 Å². The molecule has 0 bridgehead atoms. The van der Waals surface area contributed by atoms with Crippen molar-refractivity contribution < 1.29 is 24.6 Å². The highest BCUT2D eigenvalue weighted by Gasteiger charge is 2.50. The van der Waals surface area contributed by atoms with E-state index < -0.39 is 18.1 Å². The number of unbranched alkanes of at least 4 members (excludes halogenated alkanes) is 1. The first kappa shape index (κ1) is 14.0. The predicted octanol–water partition coefficient (Wildman–Crippen LogP) is 1.19. The lowest BCUT2D eigenvalue weighted by molar-refractivity contribution is -0.137. The predicted molar refractivity (Wildman–Crippen MR) is 68.3 cm³/mol. The van der Waals surface area contributed by atoms with E-state index >= 15 is 0 Å². The molecule has 3 amide bonds. The number of hydrogen-bond donors (Lipinski definition) is 3. The Balaban J connectivity index is 1.90. The molecule has 2 heterocycles. The summed E-state index contributed by atoms with van der Waals surface area (Å²) in [5, 5.41) is 20.4. The molecule has 0 aromatic rings. The number of amides is 3. The van der Waals surface area contributed by atoms with E-state index in [4.69, 9.17) is 10.2 Å². The van der Waals surface area contributed by atoms with Gasteiger partial charge >= 0.3 is 18.1 Å². The smallest absolute Gasteiger partial charge is 0.415 e. The topological polar surface area (TPSA) is 107 Å². The SMILES string of the molecule is O=C(O)CCCC[C@H]1SC[C@H]2NC(=O)N(C(=O)O)[C@H]21. The summed E-state index contributed by atoms with van der Waals surface area (Å²) >= 11 is 1.65. The third kappa shape index (κ3) is 2.94. The Morgan fingerprint density at radius 1 is 1.37 bits per heavy atom. The molecule has 106 valence electrons. The molecule has 2 saturated heterocycles. The average molecular weight is 288 g/mol. The lowest BCUT2D eigenvalue weighted by Gasteiger charge is -2.23. The van der Waals surface area contributed by atoms with E-state index in [9.17, 15) is 14.4 Å². The standard InChI is InChI=1S/C11H16N2O5S/c14-8(15)4-2-1-3-7-9-6(5-19-7)12-10(16)13(9)11(17)18/h6-7,9H,1-5H2,(H,12,16)(H,14,15)(H,17,18)/t6-,7-,9-/m1/s1. The molecular formula is C11H16N2O5S. The van der Waals surface area contributed by atoms with Crippen LogP contribution in [0.15, 0.2) is 0 Å². The van der Waals surface area contributed by atoms with Gasteiger partial charge in [-0.3, -0.25) is 4.79 Å². The minimum Gasteiger partial charge on any atom is -0.481 e. The summed E-state index contributed by atoms with van der Waals surface area (Å²) in [5.74, 6) is -0.106. The Kier molecular flexibility index (Phi) is 4.18. The van der Waals surface area contributed by atoms with Crippen molar-refractivity contribution in [2.24, 2.45) is 0 Å². The minimum absolute atomic E-state index is 0.0637. The Hall–Kier alpha value is -1.44. The third-order valence-electron chi connectivity index (χ3n) is 3.44. The Bertz CT molecular complexity index is 403. The highest BCUT2D eigenvalue weighted by atomic mass is 32.2. The largest absolute Gasteiger partial charge is 0.481 e. The van der Waals surface area contributed by atoms with Crippen LogP contribution in [-0.2, 0) is 4.79 Å². The fourth-order valence-electron chi connectivity index (χ4n) is 2.61. The number of carbonyl (C=O) groups is 3. The molecule has 0 saturated carbocycles. The van der Waals surface area contributed by atoms with E-state index in [2.05, 4.69) is 5.32 Å². The van der Waals surface area contributed by atoms with Gasteiger partial charge < -0.3 is 15.5 Å². The molecule has 2 aliphatic rings. The first-order chi connectivity index (χ1) is 9.00. The zero-order chi connectivity index (χ0) is 14.0. The third-order valence-corrected chi connectivity index (χ3v) is 4.94. The van der Waals surface area contributed by atoms with E-state index in [0.29, 0.717) is 12.2 Å². The number of carboxylic acid groups (broad SMARTS) is 2. The molecule has 2 fully saturated rings. The van der Waals surface area contributed by atoms with Crippen LogP contribution in [0.3, 0.4) is 0 Å². The van der Waals surface area contributed by atoms with Crippen molar-refractivity contribution in [3.63, 3.8) is 0 Å². The molecule has 3 atom stereocenters. The van der Waals surface area contributed by atoms with E-state index in [0.717, 1.165) is 17.7 Å². The van der Waals surface area contributed by atoms with Gasteiger partial charge in [0, 0.05) is 17.4 Å². The van der Waals surface area contributed by atoms with Crippen LogP contribution in [0.2, 0.25) is 0 Å². The molecule has 2 aliphatic heterocycles. The van der Waals surface area contributed by atoms with Gasteiger partial charge in [0.05, 0.1) is 12.1 Å². The van der Waals surface area contributed by atoms with Crippen LogP contribution in [0.5, 0.6) is 0 Å². The number of imide groups is 1. The first-order valence-corrected chi connectivity index (χ1v) is 7.21.